The van der Waals surface area contributed by atoms with Gasteiger partial charge in [0.1, 0.15) is 11.5 Å². The van der Waals surface area contributed by atoms with Crippen molar-refractivity contribution >= 4 is 6.03 Å². The Morgan fingerprint density at radius 3 is 2.10 bits per heavy atom. The van der Waals surface area contributed by atoms with Crippen LogP contribution in [0.25, 0.3) is 0 Å². The monoisotopic (exact) mass is 418 g/mol. The maximum absolute atomic E-state index is 12.5. The quantitative estimate of drug-likeness (QED) is 0.772. The zero-order valence-corrected chi connectivity index (χ0v) is 18.0. The van der Waals surface area contributed by atoms with E-state index in [1.54, 1.807) is 0 Å². The fourth-order valence-electron chi connectivity index (χ4n) is 6.23. The highest BCUT2D eigenvalue weighted by Gasteiger charge is 2.31. The Morgan fingerprint density at radius 2 is 1.42 bits per heavy atom. The van der Waals surface area contributed by atoms with Gasteiger partial charge in [-0.25, -0.2) is 4.79 Å². The lowest BCUT2D eigenvalue weighted by Crippen LogP contribution is -2.38. The predicted molar refractivity (Wildman–Crippen MR) is 119 cm³/mol. The van der Waals surface area contributed by atoms with E-state index in [0.717, 1.165) is 63.2 Å². The molecule has 6 rings (SSSR count). The predicted octanol–water partition coefficient (Wildman–Crippen LogP) is 4.01. The van der Waals surface area contributed by atoms with Gasteiger partial charge >= 0.3 is 6.03 Å². The normalized spacial score (nSPS) is 22.2. The van der Waals surface area contributed by atoms with Crippen molar-refractivity contribution < 1.29 is 14.3 Å². The Hall–Kier alpha value is -2.69. The van der Waals surface area contributed by atoms with Gasteiger partial charge in [0.15, 0.2) is 0 Å². The van der Waals surface area contributed by atoms with E-state index < -0.39 is 0 Å². The van der Waals surface area contributed by atoms with Crippen molar-refractivity contribution in [3.8, 4) is 11.5 Å². The molecule has 0 radical (unpaired) electrons. The molecule has 5 heteroatoms. The summed E-state index contributed by atoms with van der Waals surface area (Å²) < 4.78 is 11.5. The van der Waals surface area contributed by atoms with E-state index >= 15 is 0 Å². The molecule has 4 aliphatic rings. The van der Waals surface area contributed by atoms with Crippen LogP contribution in [-0.2, 0) is 25.7 Å². The summed E-state index contributed by atoms with van der Waals surface area (Å²) in [6, 6.07) is 8.66. The number of carbonyl (C=O) groups is 1. The van der Waals surface area contributed by atoms with Crippen LogP contribution in [0.3, 0.4) is 0 Å². The molecular formula is C26H30N2O3. The zero-order chi connectivity index (χ0) is 20.8. The minimum Gasteiger partial charge on any atom is -0.493 e. The largest absolute Gasteiger partial charge is 0.493 e. The van der Waals surface area contributed by atoms with Crippen molar-refractivity contribution in [1.29, 1.82) is 0 Å². The van der Waals surface area contributed by atoms with Gasteiger partial charge in [-0.15, -0.1) is 0 Å². The van der Waals surface area contributed by atoms with Crippen LogP contribution in [0.4, 0.5) is 4.79 Å². The van der Waals surface area contributed by atoms with Crippen LogP contribution in [0.5, 0.6) is 11.5 Å². The summed E-state index contributed by atoms with van der Waals surface area (Å²) in [6.45, 7) is 3.00. The molecule has 5 nitrogen and oxygen atoms in total. The van der Waals surface area contributed by atoms with Gasteiger partial charge in [0.2, 0.25) is 0 Å². The molecule has 0 unspecified atom stereocenters. The summed E-state index contributed by atoms with van der Waals surface area (Å²) in [5, 5.41) is 6.23. The minimum absolute atomic E-state index is 0.0443. The van der Waals surface area contributed by atoms with E-state index in [9.17, 15) is 4.79 Å². The lowest BCUT2D eigenvalue weighted by molar-refractivity contribution is 0.239. The average Bonchev–Trinajstić information content (AvgIpc) is 3.56. The van der Waals surface area contributed by atoms with Crippen LogP contribution in [0.2, 0.25) is 0 Å². The smallest absolute Gasteiger partial charge is 0.314 e. The zero-order valence-electron chi connectivity index (χ0n) is 18.0. The van der Waals surface area contributed by atoms with Gasteiger partial charge in [0, 0.05) is 43.0 Å². The first-order valence-corrected chi connectivity index (χ1v) is 11.8. The number of benzene rings is 2. The first kappa shape index (κ1) is 19.0. The molecule has 2 aliphatic carbocycles. The molecule has 2 aromatic carbocycles. The number of ether oxygens (including phenoxy) is 2. The second-order valence-electron chi connectivity index (χ2n) is 9.32. The highest BCUT2D eigenvalue weighted by atomic mass is 16.5. The second kappa shape index (κ2) is 7.77. The van der Waals surface area contributed by atoms with Gasteiger partial charge in [-0.05, 0) is 72.4 Å². The van der Waals surface area contributed by atoms with E-state index in [1.807, 2.05) is 0 Å². The van der Waals surface area contributed by atoms with E-state index in [0.29, 0.717) is 24.9 Å². The molecule has 0 aromatic heterocycles. The summed E-state index contributed by atoms with van der Waals surface area (Å²) in [5.41, 5.74) is 8.66. The molecule has 0 saturated carbocycles. The van der Waals surface area contributed by atoms with Crippen LogP contribution < -0.4 is 20.1 Å². The minimum atomic E-state index is -0.0443. The van der Waals surface area contributed by atoms with Gasteiger partial charge in [-0.2, -0.15) is 0 Å². The second-order valence-corrected chi connectivity index (χ2v) is 9.32. The Balaban J connectivity index is 1.03. The molecule has 2 atom stereocenters. The summed E-state index contributed by atoms with van der Waals surface area (Å²) in [5.74, 6) is 3.06. The number of nitrogens with one attached hydrogen (secondary N) is 2. The standard InChI is InChI=1S/C26H30N2O3/c29-26(28-15-19-4-3-17-6-8-23-21(25(17)19)11-14-31-23)27-12-9-18-2-1-16-5-7-22-20(24(16)18)10-13-30-22/h5-8,18-19H,1-4,9-15H2,(H2,27,28,29)/t18-,19+/m0/s1. The third-order valence-electron chi connectivity index (χ3n) is 7.66. The van der Waals surface area contributed by atoms with Crippen LogP contribution >= 0.6 is 0 Å². The van der Waals surface area contributed by atoms with Gasteiger partial charge in [-0.1, -0.05) is 12.1 Å². The summed E-state index contributed by atoms with van der Waals surface area (Å²) in [7, 11) is 0. The summed E-state index contributed by atoms with van der Waals surface area (Å²) >= 11 is 0. The number of fused-ring (bicyclic) bond motifs is 6. The lowest BCUT2D eigenvalue weighted by atomic mass is 9.92. The van der Waals surface area contributed by atoms with Crippen LogP contribution in [-0.4, -0.2) is 32.3 Å². The third kappa shape index (κ3) is 3.35. The van der Waals surface area contributed by atoms with Gasteiger partial charge in [0.25, 0.3) is 0 Å². The lowest BCUT2D eigenvalue weighted by Gasteiger charge is -2.17. The third-order valence-corrected chi connectivity index (χ3v) is 7.66. The number of urea groups is 1. The molecule has 2 amide bonds. The molecule has 0 spiro atoms. The van der Waals surface area contributed by atoms with Crippen molar-refractivity contribution in [3.05, 3.63) is 57.6 Å². The van der Waals surface area contributed by atoms with Crippen LogP contribution in [0.15, 0.2) is 24.3 Å². The number of hydrogen-bond acceptors (Lipinski definition) is 3. The fraction of sp³-hybridized carbons (Fsp3) is 0.500. The molecule has 2 heterocycles. The Morgan fingerprint density at radius 1 is 0.806 bits per heavy atom. The molecule has 2 aromatic rings. The Kier molecular flexibility index (Phi) is 4.77. The molecule has 31 heavy (non-hydrogen) atoms. The first-order valence-electron chi connectivity index (χ1n) is 11.8. The van der Waals surface area contributed by atoms with Gasteiger partial charge < -0.3 is 20.1 Å². The van der Waals surface area contributed by atoms with Crippen molar-refractivity contribution in [1.82, 2.24) is 10.6 Å². The van der Waals surface area contributed by atoms with E-state index in [2.05, 4.69) is 34.9 Å². The Labute approximate surface area is 183 Å². The van der Waals surface area contributed by atoms with Gasteiger partial charge in [0.05, 0.1) is 13.2 Å². The number of amides is 2. The van der Waals surface area contributed by atoms with Crippen molar-refractivity contribution in [3.63, 3.8) is 0 Å². The molecule has 2 aliphatic heterocycles. The van der Waals surface area contributed by atoms with Gasteiger partial charge in [-0.3, -0.25) is 0 Å². The molecule has 2 N–H and O–H groups in total. The highest BCUT2D eigenvalue weighted by molar-refractivity contribution is 5.74. The van der Waals surface area contributed by atoms with Crippen molar-refractivity contribution in [2.75, 3.05) is 26.3 Å². The molecule has 0 bridgehead atoms. The SMILES string of the molecule is O=C(NCC[C@@H]1CCc2ccc3c(c21)CCO3)NC[C@H]1CCc2ccc3c(c21)CCO3. The molecule has 0 saturated heterocycles. The number of rotatable bonds is 5. The van der Waals surface area contributed by atoms with Crippen molar-refractivity contribution in [2.45, 2.75) is 56.8 Å². The fourth-order valence-corrected chi connectivity index (χ4v) is 6.23. The van der Waals surface area contributed by atoms with Crippen LogP contribution in [0, 0.1) is 0 Å². The maximum Gasteiger partial charge on any atom is 0.314 e. The van der Waals surface area contributed by atoms with Crippen LogP contribution in [0.1, 0.15) is 64.5 Å². The first-order chi connectivity index (χ1) is 15.3. The number of hydrogen-bond donors (Lipinski definition) is 2. The Bertz CT molecular complexity index is 1030. The summed E-state index contributed by atoms with van der Waals surface area (Å²) in [6.07, 6.45) is 7.56. The number of aryl methyl sites for hydroxylation is 2. The van der Waals surface area contributed by atoms with E-state index in [1.165, 1.54) is 39.8 Å². The molecule has 162 valence electrons. The maximum atomic E-state index is 12.5. The number of carbonyl (C=O) groups excluding carboxylic acids is 1. The highest BCUT2D eigenvalue weighted by Crippen LogP contribution is 2.43. The topological polar surface area (TPSA) is 59.6 Å². The molecular weight excluding hydrogens is 388 g/mol. The van der Waals surface area contributed by atoms with E-state index in [-0.39, 0.29) is 6.03 Å². The summed E-state index contributed by atoms with van der Waals surface area (Å²) in [4.78, 5) is 12.5. The molecule has 0 fully saturated rings. The van der Waals surface area contributed by atoms with Crippen molar-refractivity contribution in [2.24, 2.45) is 0 Å². The van der Waals surface area contributed by atoms with E-state index in [4.69, 9.17) is 9.47 Å². The average molecular weight is 419 g/mol.